The van der Waals surface area contributed by atoms with Crippen molar-refractivity contribution in [1.29, 1.82) is 0 Å². The molecule has 1 fully saturated rings. The van der Waals surface area contributed by atoms with Gasteiger partial charge in [0.15, 0.2) is 0 Å². The maximum absolute atomic E-state index is 4.31. The Balaban J connectivity index is 1.82. The summed E-state index contributed by atoms with van der Waals surface area (Å²) in [7, 11) is 0. The lowest BCUT2D eigenvalue weighted by Gasteiger charge is -2.09. The van der Waals surface area contributed by atoms with Crippen LogP contribution in [0, 0.1) is 6.92 Å². The lowest BCUT2D eigenvalue weighted by atomic mass is 10.2. The fourth-order valence-electron chi connectivity index (χ4n) is 1.46. The van der Waals surface area contributed by atoms with Crippen molar-refractivity contribution in [2.24, 2.45) is 0 Å². The normalized spacial score (nSPS) is 21.4. The molecule has 2 heterocycles. The third-order valence-corrected chi connectivity index (χ3v) is 3.50. The second-order valence-electron chi connectivity index (χ2n) is 3.59. The highest BCUT2D eigenvalue weighted by atomic mass is 32.2. The van der Waals surface area contributed by atoms with Crippen LogP contribution in [0.25, 0.3) is 0 Å². The molecule has 1 aliphatic heterocycles. The molecule has 0 spiro atoms. The minimum atomic E-state index is 0.670. The van der Waals surface area contributed by atoms with E-state index in [-0.39, 0.29) is 0 Å². The van der Waals surface area contributed by atoms with Crippen molar-refractivity contribution in [3.8, 4) is 0 Å². The molecule has 76 valence electrons. The van der Waals surface area contributed by atoms with Crippen LogP contribution in [0.4, 0.5) is 0 Å². The van der Waals surface area contributed by atoms with Crippen molar-refractivity contribution in [2.45, 2.75) is 25.9 Å². The summed E-state index contributed by atoms with van der Waals surface area (Å²) in [6, 6.07) is 0.670. The summed E-state index contributed by atoms with van der Waals surface area (Å²) in [6.45, 7) is 2.80. The molecule has 0 aromatic carbocycles. The average molecular weight is 209 g/mol. The third-order valence-electron chi connectivity index (χ3n) is 2.34. The van der Waals surface area contributed by atoms with Gasteiger partial charge in [0.05, 0.1) is 11.4 Å². The van der Waals surface area contributed by atoms with Crippen molar-refractivity contribution < 1.29 is 0 Å². The monoisotopic (exact) mass is 209 g/mol. The molecule has 0 amide bonds. The molecule has 3 nitrogen and oxygen atoms in total. The van der Waals surface area contributed by atoms with Crippen LogP contribution in [-0.4, -0.2) is 27.5 Å². The van der Waals surface area contributed by atoms with E-state index in [9.17, 15) is 0 Å². The zero-order valence-electron chi connectivity index (χ0n) is 8.36. The first-order chi connectivity index (χ1) is 6.84. The van der Waals surface area contributed by atoms with Crippen LogP contribution >= 0.6 is 11.8 Å². The SMILES string of the molecule is Cc1cnc(CNC2CCSC2)cn1. The van der Waals surface area contributed by atoms with E-state index in [4.69, 9.17) is 0 Å². The van der Waals surface area contributed by atoms with Crippen molar-refractivity contribution in [3.63, 3.8) is 0 Å². The molecule has 0 bridgehead atoms. The molecule has 14 heavy (non-hydrogen) atoms. The molecular formula is C10H15N3S. The van der Waals surface area contributed by atoms with Gasteiger partial charge in [0, 0.05) is 30.7 Å². The van der Waals surface area contributed by atoms with E-state index in [1.165, 1.54) is 17.9 Å². The lowest BCUT2D eigenvalue weighted by molar-refractivity contribution is 0.551. The van der Waals surface area contributed by atoms with E-state index >= 15 is 0 Å². The lowest BCUT2D eigenvalue weighted by Crippen LogP contribution is -2.28. The molecule has 1 atom stereocenters. The van der Waals surface area contributed by atoms with Gasteiger partial charge in [-0.25, -0.2) is 0 Å². The number of nitrogens with one attached hydrogen (secondary N) is 1. The topological polar surface area (TPSA) is 37.8 Å². The fraction of sp³-hybridized carbons (Fsp3) is 0.600. The Morgan fingerprint density at radius 3 is 3.07 bits per heavy atom. The zero-order valence-corrected chi connectivity index (χ0v) is 9.18. The fourth-order valence-corrected chi connectivity index (χ4v) is 2.64. The molecule has 0 aliphatic carbocycles. The number of hydrogen-bond acceptors (Lipinski definition) is 4. The second-order valence-corrected chi connectivity index (χ2v) is 4.74. The van der Waals surface area contributed by atoms with Crippen LogP contribution < -0.4 is 5.32 Å². The molecule has 0 saturated carbocycles. The smallest absolute Gasteiger partial charge is 0.0724 e. The minimum Gasteiger partial charge on any atom is -0.307 e. The summed E-state index contributed by atoms with van der Waals surface area (Å²) < 4.78 is 0. The summed E-state index contributed by atoms with van der Waals surface area (Å²) in [5, 5.41) is 3.49. The summed E-state index contributed by atoms with van der Waals surface area (Å²) in [5.74, 6) is 2.52. The van der Waals surface area contributed by atoms with Crippen molar-refractivity contribution in [2.75, 3.05) is 11.5 Å². The van der Waals surface area contributed by atoms with Gasteiger partial charge in [0.1, 0.15) is 0 Å². The molecule has 1 unspecified atom stereocenters. The first-order valence-corrected chi connectivity index (χ1v) is 6.09. The Hall–Kier alpha value is -0.610. The molecule has 1 aromatic rings. The summed E-state index contributed by atoms with van der Waals surface area (Å²) in [6.07, 6.45) is 4.95. The van der Waals surface area contributed by atoms with Crippen molar-refractivity contribution in [3.05, 3.63) is 23.8 Å². The van der Waals surface area contributed by atoms with Crippen LogP contribution in [0.1, 0.15) is 17.8 Å². The highest BCUT2D eigenvalue weighted by Gasteiger charge is 2.14. The highest BCUT2D eigenvalue weighted by Crippen LogP contribution is 2.17. The van der Waals surface area contributed by atoms with Gasteiger partial charge in [-0.15, -0.1) is 0 Å². The predicted molar refractivity (Wildman–Crippen MR) is 59.3 cm³/mol. The van der Waals surface area contributed by atoms with E-state index in [1.54, 1.807) is 0 Å². The molecule has 4 heteroatoms. The second kappa shape index (κ2) is 4.75. The first kappa shape index (κ1) is 9.93. The zero-order chi connectivity index (χ0) is 9.80. The number of rotatable bonds is 3. The highest BCUT2D eigenvalue weighted by molar-refractivity contribution is 7.99. The maximum Gasteiger partial charge on any atom is 0.0724 e. The number of thioether (sulfide) groups is 1. The van der Waals surface area contributed by atoms with Gasteiger partial charge in [-0.2, -0.15) is 11.8 Å². The predicted octanol–water partition coefficient (Wildman–Crippen LogP) is 1.38. The van der Waals surface area contributed by atoms with Crippen LogP contribution in [0.5, 0.6) is 0 Å². The van der Waals surface area contributed by atoms with Gasteiger partial charge < -0.3 is 5.32 Å². The van der Waals surface area contributed by atoms with E-state index in [0.29, 0.717) is 6.04 Å². The molecule has 1 saturated heterocycles. The van der Waals surface area contributed by atoms with Gasteiger partial charge in [0.2, 0.25) is 0 Å². The number of nitrogens with zero attached hydrogens (tertiary/aromatic N) is 2. The molecule has 1 N–H and O–H groups in total. The summed E-state index contributed by atoms with van der Waals surface area (Å²) in [5.41, 5.74) is 2.01. The summed E-state index contributed by atoms with van der Waals surface area (Å²) >= 11 is 2.02. The van der Waals surface area contributed by atoms with E-state index in [2.05, 4.69) is 15.3 Å². The van der Waals surface area contributed by atoms with Crippen molar-refractivity contribution in [1.82, 2.24) is 15.3 Å². The quantitative estimate of drug-likeness (QED) is 0.816. The van der Waals surface area contributed by atoms with Crippen LogP contribution in [0.15, 0.2) is 12.4 Å². The standard InChI is InChI=1S/C10H15N3S/c1-8-4-12-10(5-11-8)6-13-9-2-3-14-7-9/h4-5,9,13H,2-3,6-7H2,1H3. The van der Waals surface area contributed by atoms with Gasteiger partial charge in [-0.1, -0.05) is 0 Å². The third kappa shape index (κ3) is 2.69. The van der Waals surface area contributed by atoms with Gasteiger partial charge in [0.25, 0.3) is 0 Å². The molecule has 2 rings (SSSR count). The van der Waals surface area contributed by atoms with Crippen molar-refractivity contribution >= 4 is 11.8 Å². The Morgan fingerprint density at radius 2 is 2.43 bits per heavy atom. The molecule has 1 aliphatic rings. The Kier molecular flexibility index (Phi) is 3.37. The Labute approximate surface area is 88.7 Å². The van der Waals surface area contributed by atoms with Crippen LogP contribution in [-0.2, 0) is 6.54 Å². The number of aromatic nitrogens is 2. The van der Waals surface area contributed by atoms with Crippen LogP contribution in [0.3, 0.4) is 0 Å². The molecule has 1 aromatic heterocycles. The van der Waals surface area contributed by atoms with Gasteiger partial charge in [-0.05, 0) is 19.1 Å². The first-order valence-electron chi connectivity index (χ1n) is 4.93. The number of aryl methyl sites for hydroxylation is 1. The Bertz CT molecular complexity index is 280. The van der Waals surface area contributed by atoms with Gasteiger partial charge >= 0.3 is 0 Å². The minimum absolute atomic E-state index is 0.670. The largest absolute Gasteiger partial charge is 0.307 e. The van der Waals surface area contributed by atoms with E-state index in [1.807, 2.05) is 31.1 Å². The average Bonchev–Trinajstić information content (AvgIpc) is 2.70. The van der Waals surface area contributed by atoms with Crippen LogP contribution in [0.2, 0.25) is 0 Å². The summed E-state index contributed by atoms with van der Waals surface area (Å²) in [4.78, 5) is 8.52. The Morgan fingerprint density at radius 1 is 1.50 bits per heavy atom. The molecule has 0 radical (unpaired) electrons. The maximum atomic E-state index is 4.31. The van der Waals surface area contributed by atoms with E-state index in [0.717, 1.165) is 17.9 Å². The van der Waals surface area contributed by atoms with Gasteiger partial charge in [-0.3, -0.25) is 9.97 Å². The number of hydrogen-bond donors (Lipinski definition) is 1. The molecular weight excluding hydrogens is 194 g/mol. The van der Waals surface area contributed by atoms with E-state index < -0.39 is 0 Å².